The molecule has 4 atom stereocenters. The number of carbonyl (C=O) groups excluding carboxylic acids is 1. The number of ether oxygens (including phenoxy) is 1. The van der Waals surface area contributed by atoms with Crippen LogP contribution in [0.1, 0.15) is 99.3 Å². The summed E-state index contributed by atoms with van der Waals surface area (Å²) in [6, 6.07) is 0. The number of rotatable bonds is 14. The quantitative estimate of drug-likeness (QED) is 0.0981. The molecular formula is C29H58O4Si2. The summed E-state index contributed by atoms with van der Waals surface area (Å²) < 4.78 is 19.0. The Morgan fingerprint density at radius 2 is 1.29 bits per heavy atom. The van der Waals surface area contributed by atoms with Crippen molar-refractivity contribution >= 4 is 22.6 Å². The molecule has 35 heavy (non-hydrogen) atoms. The van der Waals surface area contributed by atoms with E-state index in [2.05, 4.69) is 80.4 Å². The van der Waals surface area contributed by atoms with Crippen molar-refractivity contribution in [3.8, 4) is 0 Å². The van der Waals surface area contributed by atoms with Gasteiger partial charge in [-0.15, -0.1) is 6.58 Å². The van der Waals surface area contributed by atoms with Crippen LogP contribution in [0.3, 0.4) is 0 Å². The molecule has 0 aliphatic heterocycles. The molecule has 206 valence electrons. The van der Waals surface area contributed by atoms with Crippen LogP contribution in [0.25, 0.3) is 0 Å². The molecule has 0 aromatic heterocycles. The van der Waals surface area contributed by atoms with Gasteiger partial charge < -0.3 is 13.6 Å². The molecule has 1 rings (SSSR count). The molecule has 0 spiro atoms. The molecule has 6 heteroatoms. The monoisotopic (exact) mass is 526 g/mol. The van der Waals surface area contributed by atoms with E-state index in [4.69, 9.17) is 13.6 Å². The molecule has 0 aromatic rings. The first kappa shape index (κ1) is 32.6. The molecule has 1 fully saturated rings. The van der Waals surface area contributed by atoms with Crippen LogP contribution in [0.5, 0.6) is 0 Å². The van der Waals surface area contributed by atoms with Crippen LogP contribution in [-0.4, -0.2) is 41.9 Å². The molecule has 1 aliphatic carbocycles. The predicted octanol–water partition coefficient (Wildman–Crippen LogP) is 8.88. The van der Waals surface area contributed by atoms with Gasteiger partial charge in [-0.05, 0) is 80.2 Å². The van der Waals surface area contributed by atoms with Crippen molar-refractivity contribution in [3.05, 3.63) is 12.7 Å². The van der Waals surface area contributed by atoms with Gasteiger partial charge in [-0.2, -0.15) is 0 Å². The third kappa shape index (κ3) is 9.75. The van der Waals surface area contributed by atoms with E-state index in [0.29, 0.717) is 18.3 Å². The van der Waals surface area contributed by atoms with Crippen molar-refractivity contribution in [1.82, 2.24) is 0 Å². The third-order valence-corrected chi connectivity index (χ3v) is 18.1. The van der Waals surface area contributed by atoms with Gasteiger partial charge in [0.1, 0.15) is 0 Å². The minimum atomic E-state index is -1.89. The summed E-state index contributed by atoms with van der Waals surface area (Å²) in [6.45, 7) is 27.6. The lowest BCUT2D eigenvalue weighted by atomic mass is 9.85. The summed E-state index contributed by atoms with van der Waals surface area (Å²) in [4.78, 5) is 11.4. The second-order valence-corrected chi connectivity index (χ2v) is 23.3. The Balaban J connectivity index is 3.06. The van der Waals surface area contributed by atoms with Crippen molar-refractivity contribution in [2.24, 2.45) is 11.8 Å². The predicted molar refractivity (Wildman–Crippen MR) is 155 cm³/mol. The Labute approximate surface area is 220 Å². The van der Waals surface area contributed by atoms with Crippen molar-refractivity contribution in [2.45, 2.75) is 148 Å². The van der Waals surface area contributed by atoms with Crippen LogP contribution in [0.4, 0.5) is 0 Å². The summed E-state index contributed by atoms with van der Waals surface area (Å²) >= 11 is 0. The first-order valence-electron chi connectivity index (χ1n) is 14.0. The second-order valence-electron chi connectivity index (χ2n) is 13.8. The number of esters is 1. The summed E-state index contributed by atoms with van der Waals surface area (Å²) in [5, 5.41) is 0.393. The van der Waals surface area contributed by atoms with Crippen LogP contribution in [0, 0.1) is 11.8 Å². The van der Waals surface area contributed by atoms with Gasteiger partial charge in [0.05, 0.1) is 19.3 Å². The van der Waals surface area contributed by atoms with Gasteiger partial charge in [0, 0.05) is 6.42 Å². The first-order chi connectivity index (χ1) is 16.0. The highest BCUT2D eigenvalue weighted by Gasteiger charge is 2.50. The Morgan fingerprint density at radius 1 is 0.829 bits per heavy atom. The Bertz CT molecular complexity index is 661. The minimum Gasteiger partial charge on any atom is -0.469 e. The standard InChI is InChI=1S/C29H58O4Si2/c1-13-14-19-23-24(20-17-15-16-18-21-27(30)31-8)26(33-35(11,12)29(5,6)7)22-25(23)32-34(9,10)28(2,3)4/h13,23-26H,1,14-22H2,2-12H3. The highest BCUT2D eigenvalue weighted by molar-refractivity contribution is 6.74. The molecule has 0 radical (unpaired) electrons. The number of allylic oxidation sites excluding steroid dienone is 1. The average molecular weight is 527 g/mol. The van der Waals surface area contributed by atoms with Crippen molar-refractivity contribution in [2.75, 3.05) is 7.11 Å². The van der Waals surface area contributed by atoms with Gasteiger partial charge >= 0.3 is 5.97 Å². The van der Waals surface area contributed by atoms with Gasteiger partial charge in [0.25, 0.3) is 0 Å². The van der Waals surface area contributed by atoms with Gasteiger partial charge in [-0.3, -0.25) is 4.79 Å². The van der Waals surface area contributed by atoms with Gasteiger partial charge in [0.15, 0.2) is 16.6 Å². The zero-order valence-corrected chi connectivity index (χ0v) is 27.1. The molecule has 0 saturated heterocycles. The topological polar surface area (TPSA) is 44.8 Å². The van der Waals surface area contributed by atoms with E-state index in [1.165, 1.54) is 20.0 Å². The molecule has 0 N–H and O–H groups in total. The smallest absolute Gasteiger partial charge is 0.305 e. The number of methoxy groups -OCH3 is 1. The van der Waals surface area contributed by atoms with Crippen LogP contribution in [0.2, 0.25) is 36.3 Å². The highest BCUT2D eigenvalue weighted by atomic mass is 28.4. The van der Waals surface area contributed by atoms with Gasteiger partial charge in [0.2, 0.25) is 0 Å². The molecule has 4 unspecified atom stereocenters. The van der Waals surface area contributed by atoms with Crippen LogP contribution < -0.4 is 0 Å². The highest BCUT2D eigenvalue weighted by Crippen LogP contribution is 2.48. The molecule has 4 nitrogen and oxygen atoms in total. The van der Waals surface area contributed by atoms with Crippen molar-refractivity contribution < 1.29 is 18.4 Å². The fourth-order valence-corrected chi connectivity index (χ4v) is 7.49. The van der Waals surface area contributed by atoms with E-state index in [9.17, 15) is 4.79 Å². The average Bonchev–Trinajstić information content (AvgIpc) is 3.01. The van der Waals surface area contributed by atoms with Crippen molar-refractivity contribution in [3.63, 3.8) is 0 Å². The van der Waals surface area contributed by atoms with E-state index < -0.39 is 16.6 Å². The zero-order chi connectivity index (χ0) is 27.1. The molecule has 0 bridgehead atoms. The van der Waals surface area contributed by atoms with Gasteiger partial charge in [-0.1, -0.05) is 66.9 Å². The minimum absolute atomic E-state index is 0.0984. The number of hydrogen-bond donors (Lipinski definition) is 0. The van der Waals surface area contributed by atoms with Crippen LogP contribution in [0.15, 0.2) is 12.7 Å². The SMILES string of the molecule is C=CCCC1C(O[Si](C)(C)C(C)(C)C)CC(O[Si](C)(C)C(C)(C)C)C1CCCCCCC(=O)OC. The largest absolute Gasteiger partial charge is 0.469 e. The van der Waals surface area contributed by atoms with E-state index >= 15 is 0 Å². The maximum Gasteiger partial charge on any atom is 0.305 e. The van der Waals surface area contributed by atoms with Crippen LogP contribution >= 0.6 is 0 Å². The third-order valence-electron chi connectivity index (χ3n) is 9.07. The van der Waals surface area contributed by atoms with Crippen molar-refractivity contribution in [1.29, 1.82) is 0 Å². The maximum atomic E-state index is 11.4. The normalized spacial score (nSPS) is 24.0. The molecule has 1 saturated carbocycles. The van der Waals surface area contributed by atoms with Crippen LogP contribution in [-0.2, 0) is 18.4 Å². The number of unbranched alkanes of at least 4 members (excludes halogenated alkanes) is 3. The summed E-state index contributed by atoms with van der Waals surface area (Å²) in [5.41, 5.74) is 0. The van der Waals surface area contributed by atoms with E-state index in [1.54, 1.807) is 0 Å². The molecular weight excluding hydrogens is 468 g/mol. The summed E-state index contributed by atoms with van der Waals surface area (Å²) in [6.07, 6.45) is 11.8. The lowest BCUT2D eigenvalue weighted by molar-refractivity contribution is -0.140. The fraction of sp³-hybridized carbons (Fsp3) is 0.897. The van der Waals surface area contributed by atoms with Gasteiger partial charge in [-0.25, -0.2) is 0 Å². The molecule has 1 aliphatic rings. The number of hydrogen-bond acceptors (Lipinski definition) is 4. The Kier molecular flexibility index (Phi) is 12.5. The lowest BCUT2D eigenvalue weighted by Crippen LogP contribution is -2.45. The molecule has 0 heterocycles. The van der Waals surface area contributed by atoms with E-state index in [0.717, 1.165) is 38.5 Å². The fourth-order valence-electron chi connectivity index (χ4n) is 4.73. The molecule has 0 amide bonds. The van der Waals surface area contributed by atoms with E-state index in [1.807, 2.05) is 0 Å². The first-order valence-corrected chi connectivity index (χ1v) is 19.8. The second kappa shape index (κ2) is 13.4. The van der Waals surface area contributed by atoms with E-state index in [-0.39, 0.29) is 28.3 Å². The zero-order valence-electron chi connectivity index (χ0n) is 25.1. The summed E-state index contributed by atoms with van der Waals surface area (Å²) in [7, 11) is -2.30. The maximum absolute atomic E-state index is 11.4. The Hall–Kier alpha value is -0.436. The Morgan fingerprint density at radius 3 is 1.71 bits per heavy atom. The lowest BCUT2D eigenvalue weighted by Gasteiger charge is -2.40. The molecule has 0 aromatic carbocycles. The summed E-state index contributed by atoms with van der Waals surface area (Å²) in [5.74, 6) is 0.949. The number of carbonyl (C=O) groups is 1.